The summed E-state index contributed by atoms with van der Waals surface area (Å²) < 4.78 is 0. The van der Waals surface area contributed by atoms with Crippen molar-refractivity contribution in [2.75, 3.05) is 18.4 Å². The van der Waals surface area contributed by atoms with E-state index in [1.54, 1.807) is 12.1 Å². The van der Waals surface area contributed by atoms with E-state index in [4.69, 9.17) is 0 Å². The second-order valence-corrected chi connectivity index (χ2v) is 4.24. The van der Waals surface area contributed by atoms with E-state index in [-0.39, 0.29) is 5.91 Å². The van der Waals surface area contributed by atoms with Crippen molar-refractivity contribution in [1.29, 1.82) is 0 Å². The molecule has 1 fully saturated rings. The van der Waals surface area contributed by atoms with Gasteiger partial charge in [0, 0.05) is 24.3 Å². The third kappa shape index (κ3) is 2.30. The van der Waals surface area contributed by atoms with Crippen LogP contribution < -0.4 is 5.32 Å². The lowest BCUT2D eigenvalue weighted by Gasteiger charge is -2.17. The molecule has 0 spiro atoms. The summed E-state index contributed by atoms with van der Waals surface area (Å²) in [5, 5.41) is 2.61. The number of hydrogen-bond acceptors (Lipinski definition) is 2. The number of carbonyl (C=O) groups excluding carboxylic acids is 2. The number of carbonyl (C=O) groups is 2. The molecule has 1 saturated heterocycles. The van der Waals surface area contributed by atoms with E-state index in [1.165, 1.54) is 0 Å². The second-order valence-electron chi connectivity index (χ2n) is 4.24. The highest BCUT2D eigenvalue weighted by atomic mass is 16.2. The van der Waals surface area contributed by atoms with Crippen LogP contribution in [0.5, 0.6) is 0 Å². The zero-order chi connectivity index (χ0) is 12.3. The van der Waals surface area contributed by atoms with Crippen LogP contribution in [-0.2, 0) is 4.79 Å². The van der Waals surface area contributed by atoms with E-state index >= 15 is 0 Å². The summed E-state index contributed by atoms with van der Waals surface area (Å²) in [5.41, 5.74) is 2.21. The first-order valence-electron chi connectivity index (χ1n) is 5.83. The molecule has 1 aromatic rings. The van der Waals surface area contributed by atoms with Gasteiger partial charge in [0.25, 0.3) is 5.91 Å². The Balaban J connectivity index is 2.28. The lowest BCUT2D eigenvalue weighted by molar-refractivity contribution is -0.105. The summed E-state index contributed by atoms with van der Waals surface area (Å²) in [6.07, 6.45) is 2.79. The fraction of sp³-hybridized carbons (Fsp3) is 0.385. The van der Waals surface area contributed by atoms with Crippen molar-refractivity contribution in [2.24, 2.45) is 0 Å². The van der Waals surface area contributed by atoms with Gasteiger partial charge in [0.05, 0.1) is 0 Å². The van der Waals surface area contributed by atoms with E-state index in [0.29, 0.717) is 17.7 Å². The molecule has 0 atom stereocenters. The zero-order valence-corrected chi connectivity index (χ0v) is 9.90. The summed E-state index contributed by atoms with van der Waals surface area (Å²) in [6.45, 7) is 3.53. The number of nitrogens with one attached hydrogen (secondary N) is 1. The van der Waals surface area contributed by atoms with Gasteiger partial charge in [0.15, 0.2) is 0 Å². The van der Waals surface area contributed by atoms with E-state index < -0.39 is 0 Å². The fourth-order valence-electron chi connectivity index (χ4n) is 2.18. The van der Waals surface area contributed by atoms with Crippen LogP contribution in [0.25, 0.3) is 0 Å². The minimum atomic E-state index is 0.0644. The fourth-order valence-corrected chi connectivity index (χ4v) is 2.18. The standard InChI is InChI=1S/C13H16N2O2/c1-10-11(5-4-6-12(10)14-9-16)13(17)15-7-2-3-8-15/h4-6,9H,2-3,7-8H2,1H3,(H,14,16). The number of anilines is 1. The average molecular weight is 232 g/mol. The highest BCUT2D eigenvalue weighted by Gasteiger charge is 2.21. The Labute approximate surface area is 101 Å². The lowest BCUT2D eigenvalue weighted by atomic mass is 10.1. The van der Waals surface area contributed by atoms with Crippen molar-refractivity contribution in [2.45, 2.75) is 19.8 Å². The number of likely N-dealkylation sites (tertiary alicyclic amines) is 1. The number of amides is 2. The molecule has 0 radical (unpaired) electrons. The first-order valence-corrected chi connectivity index (χ1v) is 5.83. The van der Waals surface area contributed by atoms with Crippen molar-refractivity contribution in [1.82, 2.24) is 4.90 Å². The van der Waals surface area contributed by atoms with Crippen molar-refractivity contribution < 1.29 is 9.59 Å². The molecule has 1 aromatic carbocycles. The van der Waals surface area contributed by atoms with E-state index in [2.05, 4.69) is 5.32 Å². The number of rotatable bonds is 3. The van der Waals surface area contributed by atoms with Crippen LogP contribution in [0.1, 0.15) is 28.8 Å². The first-order chi connectivity index (χ1) is 8.24. The van der Waals surface area contributed by atoms with E-state index in [9.17, 15) is 9.59 Å². The third-order valence-electron chi connectivity index (χ3n) is 3.17. The second kappa shape index (κ2) is 4.99. The monoisotopic (exact) mass is 232 g/mol. The maximum absolute atomic E-state index is 12.2. The maximum atomic E-state index is 12.2. The lowest BCUT2D eigenvalue weighted by Crippen LogP contribution is -2.28. The maximum Gasteiger partial charge on any atom is 0.254 e. The van der Waals surface area contributed by atoms with Gasteiger partial charge in [-0.2, -0.15) is 0 Å². The first kappa shape index (κ1) is 11.6. The average Bonchev–Trinajstić information content (AvgIpc) is 2.85. The van der Waals surface area contributed by atoms with Gasteiger partial charge in [-0.15, -0.1) is 0 Å². The Morgan fingerprint density at radius 1 is 1.35 bits per heavy atom. The Bertz CT molecular complexity index is 437. The van der Waals surface area contributed by atoms with Gasteiger partial charge in [-0.05, 0) is 37.5 Å². The van der Waals surface area contributed by atoms with Crippen LogP contribution in [-0.4, -0.2) is 30.3 Å². The van der Waals surface area contributed by atoms with Gasteiger partial charge in [-0.25, -0.2) is 0 Å². The van der Waals surface area contributed by atoms with Crippen molar-refractivity contribution in [3.63, 3.8) is 0 Å². The van der Waals surface area contributed by atoms with Crippen LogP contribution in [0.3, 0.4) is 0 Å². The minimum Gasteiger partial charge on any atom is -0.339 e. The van der Waals surface area contributed by atoms with Crippen LogP contribution >= 0.6 is 0 Å². The topological polar surface area (TPSA) is 49.4 Å². The predicted octanol–water partition coefficient (Wildman–Crippen LogP) is 1.80. The molecule has 0 bridgehead atoms. The minimum absolute atomic E-state index is 0.0644. The summed E-state index contributed by atoms with van der Waals surface area (Å²) in [7, 11) is 0. The zero-order valence-electron chi connectivity index (χ0n) is 9.90. The molecule has 0 aromatic heterocycles. The predicted molar refractivity (Wildman–Crippen MR) is 66.0 cm³/mol. The van der Waals surface area contributed by atoms with E-state index in [0.717, 1.165) is 31.5 Å². The quantitative estimate of drug-likeness (QED) is 0.808. The molecule has 0 saturated carbocycles. The molecule has 4 heteroatoms. The Kier molecular flexibility index (Phi) is 3.42. The Morgan fingerprint density at radius 3 is 2.71 bits per heavy atom. The molecular weight excluding hydrogens is 216 g/mol. The molecule has 1 N–H and O–H groups in total. The summed E-state index contributed by atoms with van der Waals surface area (Å²) in [4.78, 5) is 24.6. The largest absolute Gasteiger partial charge is 0.339 e. The van der Waals surface area contributed by atoms with Crippen molar-refractivity contribution in [3.05, 3.63) is 29.3 Å². The molecule has 2 amide bonds. The molecular formula is C13H16N2O2. The molecule has 17 heavy (non-hydrogen) atoms. The molecule has 1 heterocycles. The Hall–Kier alpha value is -1.84. The van der Waals surface area contributed by atoms with Gasteiger partial charge in [0.2, 0.25) is 6.41 Å². The molecule has 0 aliphatic carbocycles. The highest BCUT2D eigenvalue weighted by Crippen LogP contribution is 2.21. The molecule has 2 rings (SSSR count). The number of hydrogen-bond donors (Lipinski definition) is 1. The van der Waals surface area contributed by atoms with Crippen molar-refractivity contribution in [3.8, 4) is 0 Å². The third-order valence-corrected chi connectivity index (χ3v) is 3.17. The van der Waals surface area contributed by atoms with Crippen LogP contribution in [0.15, 0.2) is 18.2 Å². The van der Waals surface area contributed by atoms with Crippen LogP contribution in [0, 0.1) is 6.92 Å². The van der Waals surface area contributed by atoms with Gasteiger partial charge < -0.3 is 10.2 Å². The number of benzene rings is 1. The van der Waals surface area contributed by atoms with Crippen LogP contribution in [0.2, 0.25) is 0 Å². The van der Waals surface area contributed by atoms with Gasteiger partial charge in [-0.1, -0.05) is 6.07 Å². The molecule has 4 nitrogen and oxygen atoms in total. The van der Waals surface area contributed by atoms with Crippen molar-refractivity contribution >= 4 is 18.0 Å². The van der Waals surface area contributed by atoms with Gasteiger partial charge in [0.1, 0.15) is 0 Å². The number of nitrogens with zero attached hydrogens (tertiary/aromatic N) is 1. The normalized spacial score (nSPS) is 14.8. The van der Waals surface area contributed by atoms with Gasteiger partial charge >= 0.3 is 0 Å². The molecule has 0 unspecified atom stereocenters. The summed E-state index contributed by atoms with van der Waals surface area (Å²) in [6, 6.07) is 5.40. The molecule has 90 valence electrons. The highest BCUT2D eigenvalue weighted by molar-refractivity contribution is 5.97. The molecule has 1 aliphatic rings. The smallest absolute Gasteiger partial charge is 0.254 e. The van der Waals surface area contributed by atoms with E-state index in [1.807, 2.05) is 17.9 Å². The van der Waals surface area contributed by atoms with Crippen LogP contribution in [0.4, 0.5) is 5.69 Å². The molecule has 1 aliphatic heterocycles. The summed E-state index contributed by atoms with van der Waals surface area (Å²) in [5.74, 6) is 0.0644. The van der Waals surface area contributed by atoms with Gasteiger partial charge in [-0.3, -0.25) is 9.59 Å². The SMILES string of the molecule is Cc1c(NC=O)cccc1C(=O)N1CCCC1. The summed E-state index contributed by atoms with van der Waals surface area (Å²) >= 11 is 0. The Morgan fingerprint density at radius 2 is 2.06 bits per heavy atom.